The molecule has 1 aliphatic rings. The van der Waals surface area contributed by atoms with Crippen LogP contribution < -0.4 is 5.32 Å². The van der Waals surface area contributed by atoms with Gasteiger partial charge in [-0.05, 0) is 49.2 Å². The monoisotopic (exact) mass is 374 g/mol. The number of hydrogen-bond acceptors (Lipinski definition) is 3. The Morgan fingerprint density at radius 1 is 1.16 bits per heavy atom. The minimum atomic E-state index is -0.504. The Labute approximate surface area is 156 Å². The molecule has 2 aromatic rings. The van der Waals surface area contributed by atoms with Crippen LogP contribution in [0.15, 0.2) is 42.5 Å². The Morgan fingerprint density at radius 3 is 2.64 bits per heavy atom. The van der Waals surface area contributed by atoms with Gasteiger partial charge in [0.05, 0.1) is 16.5 Å². The number of nitrogens with zero attached hydrogens (tertiary/aromatic N) is 1. The van der Waals surface area contributed by atoms with Crippen LogP contribution in [0.5, 0.6) is 0 Å². The summed E-state index contributed by atoms with van der Waals surface area (Å²) in [5.74, 6) is 0.673. The lowest BCUT2D eigenvalue weighted by molar-refractivity contribution is -0.119. The van der Waals surface area contributed by atoms with Crippen molar-refractivity contribution in [3.05, 3.63) is 64.2 Å². The van der Waals surface area contributed by atoms with Crippen molar-refractivity contribution in [3.8, 4) is 0 Å². The van der Waals surface area contributed by atoms with Gasteiger partial charge in [-0.25, -0.2) is 0 Å². The highest BCUT2D eigenvalue weighted by Gasteiger charge is 2.35. The molecule has 4 nitrogen and oxygen atoms in total. The highest BCUT2D eigenvalue weighted by atomic mass is 35.5. The van der Waals surface area contributed by atoms with E-state index in [9.17, 15) is 9.59 Å². The van der Waals surface area contributed by atoms with Gasteiger partial charge in [-0.1, -0.05) is 29.8 Å². The van der Waals surface area contributed by atoms with Gasteiger partial charge in [0, 0.05) is 11.4 Å². The number of amides is 2. The number of halogens is 1. The van der Waals surface area contributed by atoms with E-state index in [4.69, 9.17) is 11.6 Å². The van der Waals surface area contributed by atoms with E-state index in [1.807, 2.05) is 32.0 Å². The number of hydrogen-bond donors (Lipinski definition) is 1. The number of thioether (sulfide) groups is 1. The molecule has 0 spiro atoms. The standard InChI is InChI=1S/C19H19ClN2O2S/c1-12-7-8-14(9-13(12)2)21-18(23)17-10-25-11-22(17)19(24)15-5-3-4-6-16(15)20/h3-9,17H,10-11H2,1-2H3,(H,21,23). The minimum Gasteiger partial charge on any atom is -0.324 e. The molecular weight excluding hydrogens is 356 g/mol. The third-order valence-corrected chi connectivity index (χ3v) is 5.67. The SMILES string of the molecule is Cc1ccc(NC(=O)C2CSCN2C(=O)c2ccccc2Cl)cc1C. The highest BCUT2D eigenvalue weighted by Crippen LogP contribution is 2.27. The lowest BCUT2D eigenvalue weighted by Crippen LogP contribution is -2.44. The maximum absolute atomic E-state index is 12.8. The van der Waals surface area contributed by atoms with E-state index in [1.54, 1.807) is 40.9 Å². The molecule has 1 unspecified atom stereocenters. The third kappa shape index (κ3) is 3.83. The summed E-state index contributed by atoms with van der Waals surface area (Å²) in [6.07, 6.45) is 0. The second-order valence-electron chi connectivity index (χ2n) is 6.06. The van der Waals surface area contributed by atoms with Crippen molar-refractivity contribution in [1.29, 1.82) is 0 Å². The Hall–Kier alpha value is -1.98. The summed E-state index contributed by atoms with van der Waals surface area (Å²) >= 11 is 7.70. The van der Waals surface area contributed by atoms with Crippen LogP contribution in [-0.4, -0.2) is 34.4 Å². The van der Waals surface area contributed by atoms with E-state index >= 15 is 0 Å². The van der Waals surface area contributed by atoms with Crippen LogP contribution in [0.3, 0.4) is 0 Å². The van der Waals surface area contributed by atoms with Crippen molar-refractivity contribution in [3.63, 3.8) is 0 Å². The Morgan fingerprint density at radius 2 is 1.92 bits per heavy atom. The van der Waals surface area contributed by atoms with Crippen LogP contribution in [0.1, 0.15) is 21.5 Å². The number of rotatable bonds is 3. The summed E-state index contributed by atoms with van der Waals surface area (Å²) < 4.78 is 0. The summed E-state index contributed by atoms with van der Waals surface area (Å²) in [6.45, 7) is 4.03. The molecule has 0 aliphatic carbocycles. The summed E-state index contributed by atoms with van der Waals surface area (Å²) in [6, 6.07) is 12.2. The topological polar surface area (TPSA) is 49.4 Å². The van der Waals surface area contributed by atoms with Gasteiger partial charge < -0.3 is 10.2 Å². The number of benzene rings is 2. The summed E-state index contributed by atoms with van der Waals surface area (Å²) in [4.78, 5) is 27.1. The van der Waals surface area contributed by atoms with Crippen LogP contribution in [0, 0.1) is 13.8 Å². The minimum absolute atomic E-state index is 0.173. The zero-order chi connectivity index (χ0) is 18.0. The predicted molar refractivity (Wildman–Crippen MR) is 103 cm³/mol. The maximum atomic E-state index is 12.8. The molecule has 25 heavy (non-hydrogen) atoms. The van der Waals surface area contributed by atoms with E-state index in [0.29, 0.717) is 22.2 Å². The van der Waals surface area contributed by atoms with Gasteiger partial charge in [-0.3, -0.25) is 9.59 Å². The van der Waals surface area contributed by atoms with E-state index in [-0.39, 0.29) is 11.8 Å². The lowest BCUT2D eigenvalue weighted by atomic mass is 10.1. The first kappa shape index (κ1) is 17.8. The first-order valence-electron chi connectivity index (χ1n) is 7.98. The van der Waals surface area contributed by atoms with Crippen LogP contribution in [0.25, 0.3) is 0 Å². The fourth-order valence-electron chi connectivity index (χ4n) is 2.69. The molecule has 1 aliphatic heterocycles. The number of nitrogens with one attached hydrogen (secondary N) is 1. The van der Waals surface area contributed by atoms with Crippen molar-refractivity contribution in [1.82, 2.24) is 4.90 Å². The molecule has 1 N–H and O–H groups in total. The van der Waals surface area contributed by atoms with Gasteiger partial charge in [-0.2, -0.15) is 0 Å². The number of anilines is 1. The Bertz CT molecular complexity index is 825. The van der Waals surface area contributed by atoms with Crippen LogP contribution >= 0.6 is 23.4 Å². The van der Waals surface area contributed by atoms with E-state index in [0.717, 1.165) is 11.3 Å². The molecule has 0 radical (unpaired) electrons. The first-order chi connectivity index (χ1) is 12.0. The van der Waals surface area contributed by atoms with E-state index in [2.05, 4.69) is 5.32 Å². The van der Waals surface area contributed by atoms with Crippen LogP contribution in [-0.2, 0) is 4.79 Å². The molecule has 0 bridgehead atoms. The molecule has 1 fully saturated rings. The Balaban J connectivity index is 1.76. The number of carbonyl (C=O) groups excluding carboxylic acids is 2. The third-order valence-electron chi connectivity index (χ3n) is 4.32. The molecule has 1 heterocycles. The summed E-state index contributed by atoms with van der Waals surface area (Å²) in [5, 5.41) is 3.32. The average Bonchev–Trinajstić information content (AvgIpc) is 3.08. The molecule has 0 aromatic heterocycles. The Kier molecular flexibility index (Phi) is 5.35. The quantitative estimate of drug-likeness (QED) is 0.879. The zero-order valence-electron chi connectivity index (χ0n) is 14.1. The number of carbonyl (C=O) groups is 2. The summed E-state index contributed by atoms with van der Waals surface area (Å²) in [5.41, 5.74) is 3.46. The van der Waals surface area contributed by atoms with Gasteiger partial charge in [-0.15, -0.1) is 11.8 Å². The summed E-state index contributed by atoms with van der Waals surface area (Å²) in [7, 11) is 0. The molecule has 1 saturated heterocycles. The molecule has 3 rings (SSSR count). The largest absolute Gasteiger partial charge is 0.324 e. The normalized spacial score (nSPS) is 16.8. The molecule has 6 heteroatoms. The predicted octanol–water partition coefficient (Wildman–Crippen LogP) is 4.11. The second kappa shape index (κ2) is 7.50. The zero-order valence-corrected chi connectivity index (χ0v) is 15.7. The molecule has 1 atom stereocenters. The van der Waals surface area contributed by atoms with Crippen molar-refractivity contribution in [2.24, 2.45) is 0 Å². The van der Waals surface area contributed by atoms with Gasteiger partial charge in [0.15, 0.2) is 0 Å². The van der Waals surface area contributed by atoms with Crippen molar-refractivity contribution in [2.75, 3.05) is 16.9 Å². The number of aryl methyl sites for hydroxylation is 2. The van der Waals surface area contributed by atoms with E-state index < -0.39 is 6.04 Å². The first-order valence-corrected chi connectivity index (χ1v) is 9.52. The molecular formula is C19H19ClN2O2S. The smallest absolute Gasteiger partial charge is 0.256 e. The molecule has 130 valence electrons. The van der Waals surface area contributed by atoms with Gasteiger partial charge in [0.1, 0.15) is 6.04 Å². The fourth-order valence-corrected chi connectivity index (χ4v) is 4.06. The maximum Gasteiger partial charge on any atom is 0.256 e. The lowest BCUT2D eigenvalue weighted by Gasteiger charge is -2.23. The van der Waals surface area contributed by atoms with Gasteiger partial charge in [0.25, 0.3) is 5.91 Å². The average molecular weight is 375 g/mol. The van der Waals surface area contributed by atoms with E-state index in [1.165, 1.54) is 5.56 Å². The molecule has 2 aromatic carbocycles. The van der Waals surface area contributed by atoms with Crippen molar-refractivity contribution < 1.29 is 9.59 Å². The van der Waals surface area contributed by atoms with Crippen molar-refractivity contribution >= 4 is 40.9 Å². The molecule has 2 amide bonds. The fraction of sp³-hybridized carbons (Fsp3) is 0.263. The molecule has 0 saturated carbocycles. The van der Waals surface area contributed by atoms with Crippen molar-refractivity contribution in [2.45, 2.75) is 19.9 Å². The highest BCUT2D eigenvalue weighted by molar-refractivity contribution is 7.99. The van der Waals surface area contributed by atoms with Gasteiger partial charge in [0.2, 0.25) is 5.91 Å². The van der Waals surface area contributed by atoms with Crippen LogP contribution in [0.4, 0.5) is 5.69 Å². The van der Waals surface area contributed by atoms with Crippen LogP contribution in [0.2, 0.25) is 5.02 Å². The van der Waals surface area contributed by atoms with Gasteiger partial charge >= 0.3 is 0 Å². The second-order valence-corrected chi connectivity index (χ2v) is 7.47.